The highest BCUT2D eigenvalue weighted by atomic mass is 32.1. The minimum absolute atomic E-state index is 0.175. The molecule has 0 atom stereocenters. The minimum atomic E-state index is -0.362. The molecule has 1 N–H and O–H groups in total. The zero-order valence-electron chi connectivity index (χ0n) is 17.2. The first-order chi connectivity index (χ1) is 14.0. The smallest absolute Gasteiger partial charge is 0.341 e. The maximum absolute atomic E-state index is 12.6. The van der Waals surface area contributed by atoms with Gasteiger partial charge in [0.05, 0.1) is 25.2 Å². The molecule has 0 spiro atoms. The lowest BCUT2D eigenvalue weighted by Crippen LogP contribution is -2.35. The molecule has 0 unspecified atom stereocenters. The van der Waals surface area contributed by atoms with Gasteiger partial charge in [-0.2, -0.15) is 0 Å². The lowest BCUT2D eigenvalue weighted by Gasteiger charge is -2.30. The molecule has 0 radical (unpaired) electrons. The third kappa shape index (κ3) is 5.36. The predicted octanol–water partition coefficient (Wildman–Crippen LogP) is 4.10. The van der Waals surface area contributed by atoms with Gasteiger partial charge in [0.25, 0.3) is 0 Å². The minimum Gasteiger partial charge on any atom is -0.493 e. The van der Waals surface area contributed by atoms with E-state index < -0.39 is 0 Å². The van der Waals surface area contributed by atoms with Crippen LogP contribution in [0.5, 0.6) is 5.75 Å². The van der Waals surface area contributed by atoms with Gasteiger partial charge >= 0.3 is 5.97 Å². The Morgan fingerprint density at radius 3 is 2.69 bits per heavy atom. The molecule has 1 aromatic heterocycles. The lowest BCUT2D eigenvalue weighted by molar-refractivity contribution is -0.116. The van der Waals surface area contributed by atoms with E-state index in [9.17, 15) is 9.59 Å². The van der Waals surface area contributed by atoms with Crippen LogP contribution < -0.4 is 10.1 Å². The molecule has 0 saturated heterocycles. The summed E-state index contributed by atoms with van der Waals surface area (Å²) in [6.07, 6.45) is 0.989. The summed E-state index contributed by atoms with van der Waals surface area (Å²) in [6.45, 7) is 8.39. The van der Waals surface area contributed by atoms with E-state index >= 15 is 0 Å². The fraction of sp³-hybridized carbons (Fsp3) is 0.455. The molecule has 1 aliphatic rings. The normalized spacial score (nSPS) is 13.8. The zero-order valence-corrected chi connectivity index (χ0v) is 18.0. The molecule has 7 heteroatoms. The van der Waals surface area contributed by atoms with Gasteiger partial charge in [-0.15, -0.1) is 11.3 Å². The summed E-state index contributed by atoms with van der Waals surface area (Å²) < 4.78 is 10.9. The van der Waals surface area contributed by atoms with E-state index in [2.05, 4.69) is 24.1 Å². The Hall–Kier alpha value is -2.38. The molecule has 156 valence electrons. The highest BCUT2D eigenvalue weighted by molar-refractivity contribution is 7.17. The molecule has 0 saturated carbocycles. The Labute approximate surface area is 175 Å². The maximum Gasteiger partial charge on any atom is 0.341 e. The first-order valence-corrected chi connectivity index (χ1v) is 10.8. The van der Waals surface area contributed by atoms with E-state index in [1.807, 2.05) is 30.3 Å². The summed E-state index contributed by atoms with van der Waals surface area (Å²) in [5.74, 6) is 0.192. The van der Waals surface area contributed by atoms with Crippen molar-refractivity contribution in [3.63, 3.8) is 0 Å². The van der Waals surface area contributed by atoms with Crippen LogP contribution in [0, 0.1) is 0 Å². The Kier molecular flexibility index (Phi) is 7.28. The Morgan fingerprint density at radius 2 is 2.00 bits per heavy atom. The molecule has 6 nitrogen and oxygen atoms in total. The standard InChI is InChI=1S/C22H28N2O4S/c1-4-27-22(26)20-17-10-12-24(15(2)3)14-18(17)29-21(20)23-19(25)11-13-28-16-8-6-5-7-9-16/h5-9,15H,4,10-14H2,1-3H3,(H,23,25). The second-order valence-electron chi connectivity index (χ2n) is 7.20. The van der Waals surface area contributed by atoms with Crippen molar-refractivity contribution in [1.82, 2.24) is 4.90 Å². The highest BCUT2D eigenvalue weighted by Crippen LogP contribution is 2.38. The van der Waals surface area contributed by atoms with Gasteiger partial charge < -0.3 is 14.8 Å². The summed E-state index contributed by atoms with van der Waals surface area (Å²) in [5.41, 5.74) is 1.54. The summed E-state index contributed by atoms with van der Waals surface area (Å²) in [6, 6.07) is 9.82. The number of fused-ring (bicyclic) bond motifs is 1. The Bertz CT molecular complexity index is 848. The molecular weight excluding hydrogens is 388 g/mol. The molecule has 1 amide bonds. The number of hydrogen-bond acceptors (Lipinski definition) is 6. The number of hydrogen-bond donors (Lipinski definition) is 1. The number of nitrogens with one attached hydrogen (secondary N) is 1. The first-order valence-electron chi connectivity index (χ1n) is 10.0. The summed E-state index contributed by atoms with van der Waals surface area (Å²) >= 11 is 1.48. The predicted molar refractivity (Wildman–Crippen MR) is 115 cm³/mol. The van der Waals surface area contributed by atoms with Crippen molar-refractivity contribution in [1.29, 1.82) is 0 Å². The van der Waals surface area contributed by atoms with Crippen molar-refractivity contribution in [3.05, 3.63) is 46.3 Å². The van der Waals surface area contributed by atoms with Gasteiger partial charge in [0.2, 0.25) is 5.91 Å². The van der Waals surface area contributed by atoms with E-state index in [0.29, 0.717) is 23.2 Å². The van der Waals surface area contributed by atoms with Crippen LogP contribution in [0.3, 0.4) is 0 Å². The second kappa shape index (κ2) is 9.89. The fourth-order valence-electron chi connectivity index (χ4n) is 3.34. The quantitative estimate of drug-likeness (QED) is 0.656. The number of carbonyl (C=O) groups excluding carboxylic acids is 2. The molecule has 0 aliphatic carbocycles. The molecule has 3 rings (SSSR count). The van der Waals surface area contributed by atoms with Gasteiger partial charge in [0, 0.05) is 24.0 Å². The van der Waals surface area contributed by atoms with Gasteiger partial charge in [-0.05, 0) is 44.9 Å². The molecule has 1 aromatic carbocycles. The summed E-state index contributed by atoms with van der Waals surface area (Å²) in [7, 11) is 0. The van der Waals surface area contributed by atoms with Crippen molar-refractivity contribution in [2.75, 3.05) is 25.1 Å². The maximum atomic E-state index is 12.6. The number of para-hydroxylation sites is 1. The van der Waals surface area contributed by atoms with Gasteiger partial charge in [-0.1, -0.05) is 18.2 Å². The first kappa shape index (κ1) is 21.3. The van der Waals surface area contributed by atoms with Crippen LogP contribution in [0.4, 0.5) is 5.00 Å². The fourth-order valence-corrected chi connectivity index (χ4v) is 4.62. The number of thiophene rings is 1. The Balaban J connectivity index is 1.70. The molecule has 1 aliphatic heterocycles. The summed E-state index contributed by atoms with van der Waals surface area (Å²) in [5, 5.41) is 3.50. The number of esters is 1. The number of rotatable bonds is 8. The largest absolute Gasteiger partial charge is 0.493 e. The number of benzene rings is 1. The molecule has 2 heterocycles. The SMILES string of the molecule is CCOC(=O)c1c(NC(=O)CCOc2ccccc2)sc2c1CCN(C(C)C)C2. The van der Waals surface area contributed by atoms with E-state index in [-0.39, 0.29) is 24.9 Å². The van der Waals surface area contributed by atoms with Crippen molar-refractivity contribution < 1.29 is 19.1 Å². The number of carbonyl (C=O) groups is 2. The van der Waals surface area contributed by atoms with Crippen molar-refractivity contribution >= 4 is 28.2 Å². The molecule has 2 aromatic rings. The lowest BCUT2D eigenvalue weighted by atomic mass is 10.0. The molecule has 29 heavy (non-hydrogen) atoms. The van der Waals surface area contributed by atoms with Crippen LogP contribution in [0.15, 0.2) is 30.3 Å². The van der Waals surface area contributed by atoms with E-state index in [0.717, 1.165) is 35.7 Å². The number of amides is 1. The second-order valence-corrected chi connectivity index (χ2v) is 8.31. The highest BCUT2D eigenvalue weighted by Gasteiger charge is 2.30. The van der Waals surface area contributed by atoms with Crippen molar-refractivity contribution in [2.24, 2.45) is 0 Å². The third-order valence-corrected chi connectivity index (χ3v) is 6.02. The van der Waals surface area contributed by atoms with Crippen LogP contribution in [0.1, 0.15) is 48.0 Å². The third-order valence-electron chi connectivity index (χ3n) is 4.89. The average molecular weight is 417 g/mol. The molecular formula is C22H28N2O4S. The van der Waals surface area contributed by atoms with Crippen LogP contribution >= 0.6 is 11.3 Å². The van der Waals surface area contributed by atoms with E-state index in [1.165, 1.54) is 11.3 Å². The van der Waals surface area contributed by atoms with E-state index in [4.69, 9.17) is 9.47 Å². The molecule has 0 bridgehead atoms. The monoisotopic (exact) mass is 416 g/mol. The molecule has 0 fully saturated rings. The zero-order chi connectivity index (χ0) is 20.8. The van der Waals surface area contributed by atoms with Crippen LogP contribution in [0.2, 0.25) is 0 Å². The van der Waals surface area contributed by atoms with Crippen LogP contribution in [-0.2, 0) is 22.5 Å². The van der Waals surface area contributed by atoms with E-state index in [1.54, 1.807) is 6.92 Å². The Morgan fingerprint density at radius 1 is 1.24 bits per heavy atom. The number of ether oxygens (including phenoxy) is 2. The van der Waals surface area contributed by atoms with Crippen LogP contribution in [0.25, 0.3) is 0 Å². The van der Waals surface area contributed by atoms with Gasteiger partial charge in [-0.3, -0.25) is 9.69 Å². The van der Waals surface area contributed by atoms with Gasteiger partial charge in [0.15, 0.2) is 0 Å². The van der Waals surface area contributed by atoms with Gasteiger partial charge in [0.1, 0.15) is 10.8 Å². The topological polar surface area (TPSA) is 67.9 Å². The summed E-state index contributed by atoms with van der Waals surface area (Å²) in [4.78, 5) is 28.6. The van der Waals surface area contributed by atoms with Crippen molar-refractivity contribution in [2.45, 2.75) is 46.2 Å². The number of nitrogens with zero attached hydrogens (tertiary/aromatic N) is 1. The van der Waals surface area contributed by atoms with Gasteiger partial charge in [-0.25, -0.2) is 4.79 Å². The average Bonchev–Trinajstić information content (AvgIpc) is 3.05. The number of anilines is 1. The van der Waals surface area contributed by atoms with Crippen molar-refractivity contribution in [3.8, 4) is 5.75 Å². The van der Waals surface area contributed by atoms with Crippen LogP contribution in [-0.4, -0.2) is 42.6 Å².